The predicted octanol–water partition coefficient (Wildman–Crippen LogP) is 0.846. The third-order valence-electron chi connectivity index (χ3n) is 3.59. The van der Waals surface area contributed by atoms with Gasteiger partial charge < -0.3 is 19.8 Å². The molecule has 7 nitrogen and oxygen atoms in total. The van der Waals surface area contributed by atoms with Crippen molar-refractivity contribution in [2.45, 2.75) is 39.7 Å². The van der Waals surface area contributed by atoms with E-state index in [1.165, 1.54) is 6.92 Å². The summed E-state index contributed by atoms with van der Waals surface area (Å²) in [6.07, 6.45) is -0.0730. The van der Waals surface area contributed by atoms with Gasteiger partial charge in [-0.05, 0) is 20.8 Å². The van der Waals surface area contributed by atoms with E-state index in [4.69, 9.17) is 5.11 Å². The summed E-state index contributed by atoms with van der Waals surface area (Å²) in [7, 11) is 0. The Bertz CT molecular complexity index is 409. The highest BCUT2D eigenvalue weighted by Crippen LogP contribution is 2.17. The van der Waals surface area contributed by atoms with Crippen molar-refractivity contribution in [1.82, 2.24) is 14.7 Å². The van der Waals surface area contributed by atoms with Crippen molar-refractivity contribution >= 4 is 17.9 Å². The van der Waals surface area contributed by atoms with Gasteiger partial charge in [0.15, 0.2) is 0 Å². The van der Waals surface area contributed by atoms with Gasteiger partial charge in [0.05, 0.1) is 6.42 Å². The van der Waals surface area contributed by atoms with Gasteiger partial charge in [0.2, 0.25) is 5.91 Å². The summed E-state index contributed by atoms with van der Waals surface area (Å²) >= 11 is 0. The molecular weight excluding hydrogens is 274 g/mol. The number of carboxylic acids is 1. The molecule has 0 aromatic heterocycles. The number of piperazine rings is 1. The Kier molecular flexibility index (Phi) is 5.57. The molecule has 1 saturated heterocycles. The maximum Gasteiger partial charge on any atom is 0.320 e. The zero-order valence-corrected chi connectivity index (χ0v) is 13.3. The van der Waals surface area contributed by atoms with Gasteiger partial charge in [0.1, 0.15) is 0 Å². The van der Waals surface area contributed by atoms with Gasteiger partial charge in [-0.3, -0.25) is 9.59 Å². The zero-order chi connectivity index (χ0) is 16.2. The second-order valence-corrected chi connectivity index (χ2v) is 6.24. The fourth-order valence-corrected chi connectivity index (χ4v) is 2.31. The molecule has 1 aliphatic rings. The number of hydrogen-bond donors (Lipinski definition) is 1. The molecule has 1 heterocycles. The molecule has 1 aliphatic heterocycles. The van der Waals surface area contributed by atoms with Crippen LogP contribution >= 0.6 is 0 Å². The fourth-order valence-electron chi connectivity index (χ4n) is 2.31. The minimum atomic E-state index is -0.918. The molecule has 1 N–H and O–H groups in total. The van der Waals surface area contributed by atoms with Crippen LogP contribution in [0.4, 0.5) is 4.79 Å². The Morgan fingerprint density at radius 1 is 1.05 bits per heavy atom. The molecule has 0 atom stereocenters. The van der Waals surface area contributed by atoms with Crippen LogP contribution in [0, 0.1) is 0 Å². The molecule has 120 valence electrons. The van der Waals surface area contributed by atoms with E-state index in [1.54, 1.807) is 14.7 Å². The molecule has 0 aromatic carbocycles. The van der Waals surface area contributed by atoms with Gasteiger partial charge in [-0.2, -0.15) is 0 Å². The van der Waals surface area contributed by atoms with E-state index in [2.05, 4.69) is 0 Å². The average Bonchev–Trinajstić information content (AvgIpc) is 2.36. The van der Waals surface area contributed by atoms with Gasteiger partial charge in [0, 0.05) is 45.2 Å². The lowest BCUT2D eigenvalue weighted by Crippen LogP contribution is -2.57. The third-order valence-corrected chi connectivity index (χ3v) is 3.59. The molecule has 0 bridgehead atoms. The van der Waals surface area contributed by atoms with Gasteiger partial charge in [-0.25, -0.2) is 4.79 Å². The molecule has 0 spiro atoms. The largest absolute Gasteiger partial charge is 0.481 e. The van der Waals surface area contributed by atoms with Crippen LogP contribution < -0.4 is 0 Å². The molecule has 0 saturated carbocycles. The lowest BCUT2D eigenvalue weighted by atomic mass is 10.1. The highest BCUT2D eigenvalue weighted by atomic mass is 16.4. The molecule has 0 radical (unpaired) electrons. The Labute approximate surface area is 125 Å². The average molecular weight is 299 g/mol. The number of carbonyl (C=O) groups excluding carboxylic acids is 2. The van der Waals surface area contributed by atoms with Crippen LogP contribution in [0.1, 0.15) is 34.1 Å². The summed E-state index contributed by atoms with van der Waals surface area (Å²) in [5.41, 5.74) is -0.440. The van der Waals surface area contributed by atoms with Crippen molar-refractivity contribution in [2.24, 2.45) is 0 Å². The topological polar surface area (TPSA) is 81.2 Å². The van der Waals surface area contributed by atoms with Crippen LogP contribution in [0.25, 0.3) is 0 Å². The molecular formula is C14H25N3O4. The van der Waals surface area contributed by atoms with Gasteiger partial charge in [-0.1, -0.05) is 0 Å². The van der Waals surface area contributed by atoms with Crippen molar-refractivity contribution in [3.63, 3.8) is 0 Å². The Balaban J connectivity index is 2.69. The lowest BCUT2D eigenvalue weighted by molar-refractivity contribution is -0.137. The van der Waals surface area contributed by atoms with E-state index in [0.29, 0.717) is 26.2 Å². The van der Waals surface area contributed by atoms with Crippen molar-refractivity contribution < 1.29 is 19.5 Å². The number of rotatable bonds is 3. The fraction of sp³-hybridized carbons (Fsp3) is 0.786. The molecule has 3 amide bonds. The van der Waals surface area contributed by atoms with E-state index in [-0.39, 0.29) is 24.9 Å². The van der Waals surface area contributed by atoms with Crippen molar-refractivity contribution in [3.8, 4) is 0 Å². The summed E-state index contributed by atoms with van der Waals surface area (Å²) in [5, 5.41) is 8.82. The third kappa shape index (κ3) is 4.91. The highest BCUT2D eigenvalue weighted by molar-refractivity contribution is 5.77. The Morgan fingerprint density at radius 3 is 1.90 bits per heavy atom. The maximum atomic E-state index is 12.6. The van der Waals surface area contributed by atoms with E-state index < -0.39 is 11.5 Å². The monoisotopic (exact) mass is 299 g/mol. The standard InChI is InChI=1S/C14H25N3O4/c1-11(18)15-7-9-16(10-8-15)13(21)17(14(2,3)4)6-5-12(19)20/h5-10H2,1-4H3,(H,19,20). The summed E-state index contributed by atoms with van der Waals surface area (Å²) in [6, 6.07) is -0.160. The van der Waals surface area contributed by atoms with Crippen LogP contribution in [0.5, 0.6) is 0 Å². The summed E-state index contributed by atoms with van der Waals surface area (Å²) in [6.45, 7) is 9.39. The lowest BCUT2D eigenvalue weighted by Gasteiger charge is -2.42. The first-order valence-corrected chi connectivity index (χ1v) is 7.17. The molecule has 1 fully saturated rings. The minimum Gasteiger partial charge on any atom is -0.481 e. The van der Waals surface area contributed by atoms with Crippen LogP contribution in [0.15, 0.2) is 0 Å². The molecule has 0 unspecified atom stereocenters. The SMILES string of the molecule is CC(=O)N1CCN(C(=O)N(CCC(=O)O)C(C)(C)C)CC1. The first-order valence-electron chi connectivity index (χ1n) is 7.17. The smallest absolute Gasteiger partial charge is 0.320 e. The second kappa shape index (κ2) is 6.78. The van der Waals surface area contributed by atoms with Gasteiger partial charge >= 0.3 is 12.0 Å². The van der Waals surface area contributed by atoms with E-state index >= 15 is 0 Å². The van der Waals surface area contributed by atoms with Gasteiger partial charge in [-0.15, -0.1) is 0 Å². The van der Waals surface area contributed by atoms with Crippen LogP contribution in [-0.4, -0.2) is 76.0 Å². The predicted molar refractivity (Wildman–Crippen MR) is 77.9 cm³/mol. The number of aliphatic carboxylic acids is 1. The molecule has 21 heavy (non-hydrogen) atoms. The minimum absolute atomic E-state index is 0.0145. The Morgan fingerprint density at radius 2 is 1.52 bits per heavy atom. The zero-order valence-electron chi connectivity index (χ0n) is 13.3. The number of urea groups is 1. The summed E-state index contributed by atoms with van der Waals surface area (Å²) < 4.78 is 0. The molecule has 0 aromatic rings. The van der Waals surface area contributed by atoms with E-state index in [0.717, 1.165) is 0 Å². The first kappa shape index (κ1) is 17.3. The van der Waals surface area contributed by atoms with Crippen molar-refractivity contribution in [2.75, 3.05) is 32.7 Å². The second-order valence-electron chi connectivity index (χ2n) is 6.24. The molecule has 0 aliphatic carbocycles. The Hall–Kier alpha value is -1.79. The first-order chi connectivity index (χ1) is 9.62. The highest BCUT2D eigenvalue weighted by Gasteiger charge is 2.32. The number of nitrogens with zero attached hydrogens (tertiary/aromatic N) is 3. The molecule has 7 heteroatoms. The van der Waals surface area contributed by atoms with E-state index in [9.17, 15) is 14.4 Å². The number of amides is 3. The van der Waals surface area contributed by atoms with Crippen LogP contribution in [0.2, 0.25) is 0 Å². The van der Waals surface area contributed by atoms with Crippen LogP contribution in [-0.2, 0) is 9.59 Å². The summed E-state index contributed by atoms with van der Waals surface area (Å²) in [5.74, 6) is -0.904. The summed E-state index contributed by atoms with van der Waals surface area (Å²) in [4.78, 5) is 39.6. The quantitative estimate of drug-likeness (QED) is 0.837. The maximum absolute atomic E-state index is 12.6. The number of carboxylic acid groups (broad SMARTS) is 1. The van der Waals surface area contributed by atoms with Crippen LogP contribution in [0.3, 0.4) is 0 Å². The number of carbonyl (C=O) groups is 3. The number of hydrogen-bond acceptors (Lipinski definition) is 3. The van der Waals surface area contributed by atoms with Gasteiger partial charge in [0.25, 0.3) is 0 Å². The van der Waals surface area contributed by atoms with Crippen molar-refractivity contribution in [3.05, 3.63) is 0 Å². The van der Waals surface area contributed by atoms with Crippen molar-refractivity contribution in [1.29, 1.82) is 0 Å². The normalized spacial score (nSPS) is 15.8. The van der Waals surface area contributed by atoms with E-state index in [1.807, 2.05) is 20.8 Å². The molecule has 1 rings (SSSR count).